The number of piperidine rings is 1. The van der Waals surface area contributed by atoms with Crippen molar-refractivity contribution < 1.29 is 9.53 Å². The number of hydrogen-bond donors (Lipinski definition) is 1. The first-order valence-electron chi connectivity index (χ1n) is 8.97. The predicted molar refractivity (Wildman–Crippen MR) is 111 cm³/mol. The summed E-state index contributed by atoms with van der Waals surface area (Å²) in [6.07, 6.45) is 2.48. The zero-order chi connectivity index (χ0) is 19.4. The minimum absolute atomic E-state index is 0.140. The van der Waals surface area contributed by atoms with Crippen LogP contribution in [0.1, 0.15) is 30.3 Å². The molecule has 2 heterocycles. The van der Waals surface area contributed by atoms with Gasteiger partial charge in [-0.1, -0.05) is 30.1 Å². The van der Waals surface area contributed by atoms with E-state index in [4.69, 9.17) is 27.9 Å². The van der Waals surface area contributed by atoms with Gasteiger partial charge in [0.15, 0.2) is 11.7 Å². The lowest BCUT2D eigenvalue weighted by Gasteiger charge is -2.29. The summed E-state index contributed by atoms with van der Waals surface area (Å²) in [4.78, 5) is 20.3. The Kier molecular flexibility index (Phi) is 6.98. The van der Waals surface area contributed by atoms with E-state index in [1.165, 1.54) is 29.1 Å². The smallest absolute Gasteiger partial charge is 0.264 e. The number of likely N-dealkylation sites (tertiary alicyclic amines) is 1. The first kappa shape index (κ1) is 20.4. The maximum Gasteiger partial charge on any atom is 0.264 e. The number of nitrogens with zero attached hydrogens (tertiary/aromatic N) is 2. The van der Waals surface area contributed by atoms with Crippen molar-refractivity contribution in [3.05, 3.63) is 38.8 Å². The van der Waals surface area contributed by atoms with Crippen LogP contribution >= 0.6 is 34.5 Å². The van der Waals surface area contributed by atoms with Gasteiger partial charge in [0.05, 0.1) is 10.7 Å². The van der Waals surface area contributed by atoms with Crippen molar-refractivity contribution in [1.29, 1.82) is 0 Å². The Bertz CT molecular complexity index is 804. The summed E-state index contributed by atoms with van der Waals surface area (Å²) in [7, 11) is 0. The molecule has 1 saturated heterocycles. The number of aryl methyl sites for hydroxylation is 1. The van der Waals surface area contributed by atoms with Gasteiger partial charge in [-0.3, -0.25) is 15.0 Å². The topological polar surface area (TPSA) is 54.5 Å². The van der Waals surface area contributed by atoms with Crippen LogP contribution in [0.4, 0.5) is 5.13 Å². The predicted octanol–water partition coefficient (Wildman–Crippen LogP) is 5.01. The molecule has 8 heteroatoms. The Morgan fingerprint density at radius 2 is 2.11 bits per heavy atom. The van der Waals surface area contributed by atoms with E-state index >= 15 is 0 Å². The highest BCUT2D eigenvalue weighted by Gasteiger charge is 2.18. The van der Waals surface area contributed by atoms with Gasteiger partial charge >= 0.3 is 0 Å². The highest BCUT2D eigenvalue weighted by molar-refractivity contribution is 7.15. The van der Waals surface area contributed by atoms with Crippen molar-refractivity contribution in [2.24, 2.45) is 5.92 Å². The molecule has 0 unspecified atom stereocenters. The summed E-state index contributed by atoms with van der Waals surface area (Å²) >= 11 is 13.4. The third-order valence-electron chi connectivity index (χ3n) is 4.64. The van der Waals surface area contributed by atoms with E-state index in [0.29, 0.717) is 20.9 Å². The van der Waals surface area contributed by atoms with E-state index in [9.17, 15) is 4.79 Å². The van der Waals surface area contributed by atoms with Crippen molar-refractivity contribution >= 4 is 45.6 Å². The quantitative estimate of drug-likeness (QED) is 0.703. The van der Waals surface area contributed by atoms with E-state index in [1.54, 1.807) is 18.2 Å². The van der Waals surface area contributed by atoms with Gasteiger partial charge in [-0.05, 0) is 57.0 Å². The third-order valence-corrected chi connectivity index (χ3v) is 6.22. The number of thiazole rings is 1. The SMILES string of the molecule is Cc1nc(NC(=O)COc2ccc(Cl)cc2Cl)sc1CN1CCC(C)CC1. The molecule has 1 N–H and O–H groups in total. The average Bonchev–Trinajstić information content (AvgIpc) is 2.95. The first-order chi connectivity index (χ1) is 12.9. The van der Waals surface area contributed by atoms with Gasteiger partial charge in [0.25, 0.3) is 5.91 Å². The Morgan fingerprint density at radius 3 is 2.81 bits per heavy atom. The molecule has 1 fully saturated rings. The first-order valence-corrected chi connectivity index (χ1v) is 10.5. The molecule has 146 valence electrons. The maximum atomic E-state index is 12.2. The fourth-order valence-corrected chi connectivity index (χ4v) is 4.43. The van der Waals surface area contributed by atoms with Gasteiger partial charge in [-0.25, -0.2) is 4.98 Å². The second kappa shape index (κ2) is 9.24. The highest BCUT2D eigenvalue weighted by atomic mass is 35.5. The summed E-state index contributed by atoms with van der Waals surface area (Å²) in [6.45, 7) is 7.29. The summed E-state index contributed by atoms with van der Waals surface area (Å²) in [5, 5.41) is 4.30. The molecule has 0 saturated carbocycles. The number of anilines is 1. The largest absolute Gasteiger partial charge is 0.482 e. The van der Waals surface area contributed by atoms with E-state index in [1.807, 2.05) is 6.92 Å². The molecule has 0 aliphatic carbocycles. The van der Waals surface area contributed by atoms with Gasteiger partial charge in [-0.2, -0.15) is 0 Å². The summed E-state index contributed by atoms with van der Waals surface area (Å²) in [5.41, 5.74) is 0.968. The summed E-state index contributed by atoms with van der Waals surface area (Å²) in [5.74, 6) is 0.965. The standard InChI is InChI=1S/C19H23Cl2N3O2S/c1-12-5-7-24(8-6-12)10-17-13(2)22-19(27-17)23-18(25)11-26-16-4-3-14(20)9-15(16)21/h3-4,9,12H,5-8,10-11H2,1-2H3,(H,22,23,25). The normalized spacial score (nSPS) is 15.7. The molecule has 2 aromatic rings. The molecule has 0 radical (unpaired) electrons. The van der Waals surface area contributed by atoms with E-state index in [2.05, 4.69) is 22.1 Å². The second-order valence-corrected chi connectivity index (χ2v) is 8.83. The number of rotatable bonds is 6. The fourth-order valence-electron chi connectivity index (χ4n) is 2.94. The molecule has 1 amide bonds. The number of halogens is 2. The van der Waals surface area contributed by atoms with Crippen LogP contribution < -0.4 is 10.1 Å². The Morgan fingerprint density at radius 1 is 1.37 bits per heavy atom. The lowest BCUT2D eigenvalue weighted by Crippen LogP contribution is -2.32. The van der Waals surface area contributed by atoms with Crippen molar-refractivity contribution in [3.8, 4) is 5.75 Å². The Balaban J connectivity index is 1.52. The molecular formula is C19H23Cl2N3O2S. The van der Waals surface area contributed by atoms with E-state index in [0.717, 1.165) is 31.2 Å². The lowest BCUT2D eigenvalue weighted by atomic mass is 9.99. The highest BCUT2D eigenvalue weighted by Crippen LogP contribution is 2.28. The van der Waals surface area contributed by atoms with Crippen LogP contribution in [0.5, 0.6) is 5.75 Å². The number of ether oxygens (including phenoxy) is 1. The summed E-state index contributed by atoms with van der Waals surface area (Å²) < 4.78 is 5.46. The molecule has 1 aromatic heterocycles. The molecular weight excluding hydrogens is 405 g/mol. The minimum atomic E-state index is -0.270. The van der Waals surface area contributed by atoms with E-state index in [-0.39, 0.29) is 12.5 Å². The molecule has 1 aromatic carbocycles. The minimum Gasteiger partial charge on any atom is -0.482 e. The van der Waals surface area contributed by atoms with Gasteiger partial charge in [-0.15, -0.1) is 11.3 Å². The molecule has 0 bridgehead atoms. The monoisotopic (exact) mass is 427 g/mol. The Labute approximate surface area is 173 Å². The second-order valence-electron chi connectivity index (χ2n) is 6.90. The van der Waals surface area contributed by atoms with Crippen LogP contribution in [-0.4, -0.2) is 35.5 Å². The molecule has 27 heavy (non-hydrogen) atoms. The molecule has 1 aliphatic heterocycles. The third kappa shape index (κ3) is 5.82. The van der Waals surface area contributed by atoms with Crippen LogP contribution in [-0.2, 0) is 11.3 Å². The van der Waals surface area contributed by atoms with Gasteiger partial charge in [0.1, 0.15) is 5.75 Å². The van der Waals surface area contributed by atoms with E-state index < -0.39 is 0 Å². The maximum absolute atomic E-state index is 12.2. The van der Waals surface area contributed by atoms with Gasteiger partial charge < -0.3 is 4.74 Å². The number of amides is 1. The van der Waals surface area contributed by atoms with Crippen molar-refractivity contribution in [2.45, 2.75) is 33.2 Å². The van der Waals surface area contributed by atoms with Gasteiger partial charge in [0.2, 0.25) is 0 Å². The zero-order valence-corrected chi connectivity index (χ0v) is 17.8. The van der Waals surface area contributed by atoms with Crippen molar-refractivity contribution in [3.63, 3.8) is 0 Å². The number of benzene rings is 1. The number of aromatic nitrogens is 1. The summed E-state index contributed by atoms with van der Waals surface area (Å²) in [6, 6.07) is 4.88. The molecule has 1 aliphatic rings. The van der Waals surface area contributed by atoms with Crippen LogP contribution in [0.2, 0.25) is 10.0 Å². The number of nitrogens with one attached hydrogen (secondary N) is 1. The molecule has 5 nitrogen and oxygen atoms in total. The van der Waals surface area contributed by atoms with Crippen molar-refractivity contribution in [2.75, 3.05) is 25.0 Å². The lowest BCUT2D eigenvalue weighted by molar-refractivity contribution is -0.118. The van der Waals surface area contributed by atoms with Crippen LogP contribution in [0.25, 0.3) is 0 Å². The average molecular weight is 428 g/mol. The van der Waals surface area contributed by atoms with Crippen molar-refractivity contribution in [1.82, 2.24) is 9.88 Å². The zero-order valence-electron chi connectivity index (χ0n) is 15.4. The molecule has 0 atom stereocenters. The number of hydrogen-bond acceptors (Lipinski definition) is 5. The van der Waals surface area contributed by atoms with Crippen LogP contribution in [0.15, 0.2) is 18.2 Å². The van der Waals surface area contributed by atoms with Gasteiger partial charge in [0, 0.05) is 16.4 Å². The van der Waals surface area contributed by atoms with Crippen LogP contribution in [0.3, 0.4) is 0 Å². The number of carbonyl (C=O) groups excluding carboxylic acids is 1. The molecule has 0 spiro atoms. The van der Waals surface area contributed by atoms with Crippen LogP contribution in [0, 0.1) is 12.8 Å². The fraction of sp³-hybridized carbons (Fsp3) is 0.474. The Hall–Kier alpha value is -1.34. The number of carbonyl (C=O) groups is 1. The molecule has 3 rings (SSSR count).